The lowest BCUT2D eigenvalue weighted by Gasteiger charge is -2.27. The van der Waals surface area contributed by atoms with Crippen molar-refractivity contribution in [2.24, 2.45) is 5.92 Å². The first-order valence-corrected chi connectivity index (χ1v) is 6.52. The number of hydrogen-bond acceptors (Lipinski definition) is 3. The molecule has 0 aliphatic carbocycles. The van der Waals surface area contributed by atoms with Gasteiger partial charge in [0.05, 0.1) is 11.2 Å². The molecule has 0 aliphatic heterocycles. The quantitative estimate of drug-likeness (QED) is 0.897. The average molecular weight is 243 g/mol. The molecule has 96 valence electrons. The Morgan fingerprint density at radius 1 is 1.06 bits per heavy atom. The molecule has 0 saturated carbocycles. The molecule has 2 rings (SSSR count). The van der Waals surface area contributed by atoms with Gasteiger partial charge in [0.1, 0.15) is 6.33 Å². The van der Waals surface area contributed by atoms with Crippen LogP contribution in [-0.4, -0.2) is 23.1 Å². The van der Waals surface area contributed by atoms with Crippen molar-refractivity contribution in [3.05, 3.63) is 36.3 Å². The molecule has 0 amide bonds. The Kier molecular flexibility index (Phi) is 3.92. The van der Waals surface area contributed by atoms with Crippen LogP contribution in [0.3, 0.4) is 0 Å². The molecule has 1 heterocycles. The molecule has 0 aliphatic rings. The van der Waals surface area contributed by atoms with Crippen molar-refractivity contribution in [1.82, 2.24) is 15.3 Å². The van der Waals surface area contributed by atoms with Gasteiger partial charge in [-0.2, -0.15) is 0 Å². The summed E-state index contributed by atoms with van der Waals surface area (Å²) in [4.78, 5) is 8.88. The first kappa shape index (κ1) is 13.0. The number of benzene rings is 1. The van der Waals surface area contributed by atoms with Gasteiger partial charge in [0, 0.05) is 17.3 Å². The molecule has 1 aromatic carbocycles. The number of nitrogens with one attached hydrogen (secondary N) is 1. The third-order valence-corrected chi connectivity index (χ3v) is 3.60. The monoisotopic (exact) mass is 243 g/mol. The van der Waals surface area contributed by atoms with Crippen LogP contribution in [-0.2, 0) is 0 Å². The highest BCUT2D eigenvalue weighted by molar-refractivity contribution is 5.81. The SMILES string of the molecule is CNC(C)C(c1ncnc2ccccc12)C(C)C. The van der Waals surface area contributed by atoms with E-state index in [1.807, 2.05) is 19.2 Å². The lowest BCUT2D eigenvalue weighted by molar-refractivity contribution is 0.390. The lowest BCUT2D eigenvalue weighted by atomic mass is 9.84. The predicted molar refractivity (Wildman–Crippen MR) is 75.6 cm³/mol. The van der Waals surface area contributed by atoms with Crippen LogP contribution in [0.15, 0.2) is 30.6 Å². The second kappa shape index (κ2) is 5.44. The first-order chi connectivity index (χ1) is 8.65. The Balaban J connectivity index is 2.57. The van der Waals surface area contributed by atoms with E-state index in [4.69, 9.17) is 0 Å². The van der Waals surface area contributed by atoms with Gasteiger partial charge in [-0.1, -0.05) is 32.0 Å². The van der Waals surface area contributed by atoms with E-state index in [0.717, 1.165) is 11.2 Å². The molecule has 0 saturated heterocycles. The minimum Gasteiger partial charge on any atom is -0.317 e. The fourth-order valence-electron chi connectivity index (χ4n) is 2.60. The minimum atomic E-state index is 0.392. The van der Waals surface area contributed by atoms with Crippen LogP contribution < -0.4 is 5.32 Å². The Bertz CT molecular complexity index is 517. The zero-order valence-corrected chi connectivity index (χ0v) is 11.5. The number of para-hydroxylation sites is 1. The molecule has 2 atom stereocenters. The van der Waals surface area contributed by atoms with Crippen molar-refractivity contribution in [1.29, 1.82) is 0 Å². The highest BCUT2D eigenvalue weighted by Crippen LogP contribution is 2.30. The topological polar surface area (TPSA) is 37.8 Å². The van der Waals surface area contributed by atoms with E-state index in [1.165, 1.54) is 5.39 Å². The largest absolute Gasteiger partial charge is 0.317 e. The Morgan fingerprint density at radius 3 is 2.44 bits per heavy atom. The standard InChI is InChI=1S/C15H21N3/c1-10(2)14(11(3)16-4)15-12-7-5-6-8-13(12)17-9-18-15/h5-11,14,16H,1-4H3. The molecule has 2 unspecified atom stereocenters. The van der Waals surface area contributed by atoms with Gasteiger partial charge < -0.3 is 5.32 Å². The summed E-state index contributed by atoms with van der Waals surface area (Å²) in [6.45, 7) is 6.70. The highest BCUT2D eigenvalue weighted by Gasteiger charge is 2.24. The van der Waals surface area contributed by atoms with Crippen molar-refractivity contribution in [3.8, 4) is 0 Å². The van der Waals surface area contributed by atoms with Gasteiger partial charge >= 0.3 is 0 Å². The van der Waals surface area contributed by atoms with Crippen molar-refractivity contribution in [2.45, 2.75) is 32.7 Å². The maximum Gasteiger partial charge on any atom is 0.116 e. The zero-order valence-electron chi connectivity index (χ0n) is 11.5. The van der Waals surface area contributed by atoms with Crippen LogP contribution in [0.25, 0.3) is 10.9 Å². The maximum atomic E-state index is 4.55. The number of fused-ring (bicyclic) bond motifs is 1. The van der Waals surface area contributed by atoms with E-state index >= 15 is 0 Å². The fraction of sp³-hybridized carbons (Fsp3) is 0.467. The van der Waals surface area contributed by atoms with Gasteiger partial charge in [-0.3, -0.25) is 0 Å². The lowest BCUT2D eigenvalue weighted by Crippen LogP contribution is -2.32. The molecule has 0 spiro atoms. The van der Waals surface area contributed by atoms with Crippen molar-refractivity contribution < 1.29 is 0 Å². The maximum absolute atomic E-state index is 4.55. The number of hydrogen-bond donors (Lipinski definition) is 1. The number of aromatic nitrogens is 2. The van der Waals surface area contributed by atoms with Gasteiger partial charge in [-0.25, -0.2) is 9.97 Å². The molecule has 0 radical (unpaired) electrons. The van der Waals surface area contributed by atoms with Gasteiger partial charge in [0.15, 0.2) is 0 Å². The summed E-state index contributed by atoms with van der Waals surface area (Å²) in [7, 11) is 2.00. The second-order valence-corrected chi connectivity index (χ2v) is 5.12. The molecule has 2 aromatic rings. The molecular weight excluding hydrogens is 222 g/mol. The highest BCUT2D eigenvalue weighted by atomic mass is 14.9. The van der Waals surface area contributed by atoms with E-state index in [9.17, 15) is 0 Å². The van der Waals surface area contributed by atoms with E-state index in [-0.39, 0.29) is 0 Å². The van der Waals surface area contributed by atoms with Crippen LogP contribution in [0.4, 0.5) is 0 Å². The van der Waals surface area contributed by atoms with Gasteiger partial charge in [0.2, 0.25) is 0 Å². The van der Waals surface area contributed by atoms with E-state index in [0.29, 0.717) is 17.9 Å². The Labute approximate surface area is 109 Å². The molecular formula is C15H21N3. The molecule has 0 fully saturated rings. The van der Waals surface area contributed by atoms with Crippen LogP contribution in [0.2, 0.25) is 0 Å². The van der Waals surface area contributed by atoms with Crippen LogP contribution >= 0.6 is 0 Å². The second-order valence-electron chi connectivity index (χ2n) is 5.12. The number of nitrogens with zero attached hydrogens (tertiary/aromatic N) is 2. The van der Waals surface area contributed by atoms with Gasteiger partial charge in [-0.05, 0) is 26.0 Å². The minimum absolute atomic E-state index is 0.392. The van der Waals surface area contributed by atoms with Crippen LogP contribution in [0.1, 0.15) is 32.4 Å². The van der Waals surface area contributed by atoms with E-state index in [1.54, 1.807) is 6.33 Å². The summed E-state index contributed by atoms with van der Waals surface area (Å²) in [5.41, 5.74) is 2.17. The first-order valence-electron chi connectivity index (χ1n) is 6.52. The Morgan fingerprint density at radius 2 is 1.78 bits per heavy atom. The smallest absolute Gasteiger partial charge is 0.116 e. The summed E-state index contributed by atoms with van der Waals surface area (Å²) in [5, 5.41) is 4.52. The molecule has 3 heteroatoms. The third-order valence-electron chi connectivity index (χ3n) is 3.60. The average Bonchev–Trinajstić information content (AvgIpc) is 2.38. The normalized spacial score (nSPS) is 14.9. The predicted octanol–water partition coefficient (Wildman–Crippen LogP) is 2.98. The number of rotatable bonds is 4. The molecule has 18 heavy (non-hydrogen) atoms. The van der Waals surface area contributed by atoms with Crippen LogP contribution in [0.5, 0.6) is 0 Å². The molecule has 0 bridgehead atoms. The Hall–Kier alpha value is -1.48. The summed E-state index contributed by atoms with van der Waals surface area (Å²) in [6.07, 6.45) is 1.68. The van der Waals surface area contributed by atoms with Crippen molar-refractivity contribution >= 4 is 10.9 Å². The zero-order chi connectivity index (χ0) is 13.1. The summed E-state index contributed by atoms with van der Waals surface area (Å²) >= 11 is 0. The fourth-order valence-corrected chi connectivity index (χ4v) is 2.60. The third kappa shape index (κ3) is 2.36. The van der Waals surface area contributed by atoms with Gasteiger partial charge in [-0.15, -0.1) is 0 Å². The molecule has 1 aromatic heterocycles. The van der Waals surface area contributed by atoms with Crippen molar-refractivity contribution in [2.75, 3.05) is 7.05 Å². The van der Waals surface area contributed by atoms with Crippen molar-refractivity contribution in [3.63, 3.8) is 0 Å². The summed E-state index contributed by atoms with van der Waals surface area (Å²) in [6, 6.07) is 8.62. The number of likely N-dealkylation sites (N-methyl/N-ethyl adjacent to an activating group) is 1. The molecule has 1 N–H and O–H groups in total. The summed E-state index contributed by atoms with van der Waals surface area (Å²) in [5.74, 6) is 0.925. The van der Waals surface area contributed by atoms with Gasteiger partial charge in [0.25, 0.3) is 0 Å². The molecule has 3 nitrogen and oxygen atoms in total. The summed E-state index contributed by atoms with van der Waals surface area (Å²) < 4.78 is 0. The van der Waals surface area contributed by atoms with Crippen LogP contribution in [0, 0.1) is 5.92 Å². The van der Waals surface area contributed by atoms with E-state index in [2.05, 4.69) is 48.2 Å². The van der Waals surface area contributed by atoms with E-state index < -0.39 is 0 Å².